The Morgan fingerprint density at radius 3 is 2.71 bits per heavy atom. The molecule has 10 nitrogen and oxygen atoms in total. The Hall–Kier alpha value is -3.53. The van der Waals surface area contributed by atoms with Crippen molar-refractivity contribution in [1.29, 1.82) is 0 Å². The number of carbonyl (C=O) groups excluding carboxylic acids is 2. The Kier molecular flexibility index (Phi) is 5.55. The molecule has 0 saturated carbocycles. The predicted molar refractivity (Wildman–Crippen MR) is 116 cm³/mol. The molecule has 1 aliphatic heterocycles. The van der Waals surface area contributed by atoms with Gasteiger partial charge in [-0.1, -0.05) is 0 Å². The maximum absolute atomic E-state index is 12.8. The average molecular weight is 422 g/mol. The SMILES string of the molecule is Cc1cc(NC(=O)c2ccc3nnc([C@@H]4CN(C(=O)N(C)C)CCN4C)n3c2)ccn1. The van der Waals surface area contributed by atoms with Gasteiger partial charge in [0.2, 0.25) is 0 Å². The van der Waals surface area contributed by atoms with Crippen LogP contribution in [0.2, 0.25) is 0 Å². The molecule has 0 bridgehead atoms. The number of carbonyl (C=O) groups is 2. The van der Waals surface area contributed by atoms with E-state index in [9.17, 15) is 9.59 Å². The number of hydrogen-bond acceptors (Lipinski definition) is 6. The highest BCUT2D eigenvalue weighted by Gasteiger charge is 2.32. The molecule has 162 valence electrons. The minimum absolute atomic E-state index is 0.0281. The molecule has 0 aliphatic carbocycles. The van der Waals surface area contributed by atoms with Crippen molar-refractivity contribution < 1.29 is 9.59 Å². The van der Waals surface area contributed by atoms with Gasteiger partial charge in [0, 0.05) is 57.5 Å². The standard InChI is InChI=1S/C21H26N8O2/c1-14-11-16(7-8-22-14)23-20(30)15-5-6-18-24-25-19(29(18)12-15)17-13-28(10-9-27(17)4)21(31)26(2)3/h5-8,11-12,17H,9-10,13H2,1-4H3,(H,22,23,30)/t17-/m0/s1. The predicted octanol–water partition coefficient (Wildman–Crippen LogP) is 1.66. The number of fused-ring (bicyclic) bond motifs is 1. The average Bonchev–Trinajstić information content (AvgIpc) is 3.16. The normalized spacial score (nSPS) is 17.0. The van der Waals surface area contributed by atoms with Crippen LogP contribution in [0.3, 0.4) is 0 Å². The second-order valence-electron chi connectivity index (χ2n) is 7.96. The first kappa shape index (κ1) is 20.7. The van der Waals surface area contributed by atoms with Crippen LogP contribution in [0.4, 0.5) is 10.5 Å². The van der Waals surface area contributed by atoms with E-state index in [2.05, 4.69) is 25.4 Å². The van der Waals surface area contributed by atoms with Crippen LogP contribution in [-0.2, 0) is 0 Å². The molecular weight excluding hydrogens is 396 g/mol. The number of aryl methyl sites for hydroxylation is 1. The number of aromatic nitrogens is 4. The minimum atomic E-state index is -0.228. The van der Waals surface area contributed by atoms with Gasteiger partial charge in [-0.2, -0.15) is 0 Å². The highest BCUT2D eigenvalue weighted by Crippen LogP contribution is 2.24. The van der Waals surface area contributed by atoms with Gasteiger partial charge in [-0.25, -0.2) is 4.79 Å². The summed E-state index contributed by atoms with van der Waals surface area (Å²) in [4.78, 5) is 35.0. The van der Waals surface area contributed by atoms with Gasteiger partial charge in [0.15, 0.2) is 11.5 Å². The van der Waals surface area contributed by atoms with Gasteiger partial charge < -0.3 is 15.1 Å². The molecule has 4 rings (SSSR count). The first-order valence-electron chi connectivity index (χ1n) is 10.1. The number of amides is 3. The molecule has 0 unspecified atom stereocenters. The zero-order chi connectivity index (χ0) is 22.1. The van der Waals surface area contributed by atoms with Crippen LogP contribution in [0.1, 0.15) is 27.9 Å². The van der Waals surface area contributed by atoms with Crippen molar-refractivity contribution in [3.8, 4) is 0 Å². The van der Waals surface area contributed by atoms with Crippen LogP contribution in [0.5, 0.6) is 0 Å². The molecule has 10 heteroatoms. The van der Waals surface area contributed by atoms with Gasteiger partial charge in [0.05, 0.1) is 11.6 Å². The van der Waals surface area contributed by atoms with Crippen LogP contribution < -0.4 is 5.32 Å². The van der Waals surface area contributed by atoms with Crippen molar-refractivity contribution >= 4 is 23.3 Å². The molecule has 0 spiro atoms. The fraction of sp³-hybridized carbons (Fsp3) is 0.381. The van der Waals surface area contributed by atoms with Crippen LogP contribution in [0.25, 0.3) is 5.65 Å². The summed E-state index contributed by atoms with van der Waals surface area (Å²) in [5, 5.41) is 11.5. The van der Waals surface area contributed by atoms with Crippen LogP contribution >= 0.6 is 0 Å². The van der Waals surface area contributed by atoms with Crippen molar-refractivity contribution in [2.45, 2.75) is 13.0 Å². The molecule has 1 saturated heterocycles. The number of likely N-dealkylation sites (N-methyl/N-ethyl adjacent to an activating group) is 1. The van der Waals surface area contributed by atoms with Gasteiger partial charge >= 0.3 is 6.03 Å². The Bertz CT molecular complexity index is 1130. The number of nitrogens with zero attached hydrogens (tertiary/aromatic N) is 7. The fourth-order valence-electron chi connectivity index (χ4n) is 3.71. The molecule has 1 atom stereocenters. The van der Waals surface area contributed by atoms with E-state index in [1.54, 1.807) is 49.6 Å². The largest absolute Gasteiger partial charge is 0.331 e. The zero-order valence-corrected chi connectivity index (χ0v) is 18.1. The Morgan fingerprint density at radius 2 is 1.97 bits per heavy atom. The molecule has 3 aromatic heterocycles. The number of rotatable bonds is 3. The molecule has 0 radical (unpaired) electrons. The fourth-order valence-corrected chi connectivity index (χ4v) is 3.71. The molecule has 3 aromatic rings. The first-order valence-corrected chi connectivity index (χ1v) is 10.1. The van der Waals surface area contributed by atoms with Gasteiger partial charge in [-0.15, -0.1) is 10.2 Å². The van der Waals surface area contributed by atoms with Crippen LogP contribution in [-0.4, -0.2) is 87.0 Å². The summed E-state index contributed by atoms with van der Waals surface area (Å²) in [5.41, 5.74) is 2.65. The lowest BCUT2D eigenvalue weighted by Crippen LogP contribution is -2.52. The molecule has 1 aliphatic rings. The third kappa shape index (κ3) is 4.19. The Balaban J connectivity index is 1.62. The number of nitrogens with one attached hydrogen (secondary N) is 1. The number of urea groups is 1. The van der Waals surface area contributed by atoms with E-state index in [0.29, 0.717) is 35.8 Å². The third-order valence-corrected chi connectivity index (χ3v) is 5.44. The second kappa shape index (κ2) is 8.31. The summed E-state index contributed by atoms with van der Waals surface area (Å²) >= 11 is 0. The summed E-state index contributed by atoms with van der Waals surface area (Å²) < 4.78 is 1.83. The Labute approximate surface area is 180 Å². The highest BCUT2D eigenvalue weighted by atomic mass is 16.2. The van der Waals surface area contributed by atoms with Gasteiger partial charge in [0.1, 0.15) is 0 Å². The summed E-state index contributed by atoms with van der Waals surface area (Å²) in [7, 11) is 5.50. The van der Waals surface area contributed by atoms with Gasteiger partial charge in [0.25, 0.3) is 5.91 Å². The maximum Gasteiger partial charge on any atom is 0.319 e. The summed E-state index contributed by atoms with van der Waals surface area (Å²) in [5.74, 6) is 0.469. The van der Waals surface area contributed by atoms with Crippen molar-refractivity contribution in [2.75, 3.05) is 46.1 Å². The lowest BCUT2D eigenvalue weighted by molar-refractivity contribution is 0.0933. The van der Waals surface area contributed by atoms with E-state index in [4.69, 9.17) is 0 Å². The quantitative estimate of drug-likeness (QED) is 0.689. The number of pyridine rings is 2. The van der Waals surface area contributed by atoms with Crippen molar-refractivity contribution in [3.05, 3.63) is 53.7 Å². The van der Waals surface area contributed by atoms with Crippen LogP contribution in [0.15, 0.2) is 36.7 Å². The molecular formula is C21H26N8O2. The van der Waals surface area contributed by atoms with E-state index >= 15 is 0 Å². The first-order chi connectivity index (χ1) is 14.8. The van der Waals surface area contributed by atoms with Crippen LogP contribution in [0, 0.1) is 6.92 Å². The second-order valence-corrected chi connectivity index (χ2v) is 7.96. The number of piperazine rings is 1. The summed E-state index contributed by atoms with van der Waals surface area (Å²) in [6.07, 6.45) is 3.40. The van der Waals surface area contributed by atoms with Crippen molar-refractivity contribution in [3.63, 3.8) is 0 Å². The smallest absolute Gasteiger partial charge is 0.319 e. The number of hydrogen-bond donors (Lipinski definition) is 1. The van der Waals surface area contributed by atoms with Gasteiger partial charge in [-0.3, -0.25) is 19.1 Å². The monoisotopic (exact) mass is 422 g/mol. The minimum Gasteiger partial charge on any atom is -0.331 e. The molecule has 31 heavy (non-hydrogen) atoms. The van der Waals surface area contributed by atoms with Crippen molar-refractivity contribution in [1.82, 2.24) is 34.3 Å². The topological polar surface area (TPSA) is 99.0 Å². The van der Waals surface area contributed by atoms with E-state index < -0.39 is 0 Å². The molecule has 3 amide bonds. The zero-order valence-electron chi connectivity index (χ0n) is 18.1. The molecule has 1 fully saturated rings. The maximum atomic E-state index is 12.8. The lowest BCUT2D eigenvalue weighted by Gasteiger charge is -2.39. The van der Waals surface area contributed by atoms with Gasteiger partial charge in [-0.05, 0) is 38.2 Å². The summed E-state index contributed by atoms with van der Waals surface area (Å²) in [6, 6.07) is 6.90. The number of anilines is 1. The van der Waals surface area contributed by atoms with E-state index in [1.807, 2.05) is 29.3 Å². The third-order valence-electron chi connectivity index (χ3n) is 5.44. The van der Waals surface area contributed by atoms with E-state index in [0.717, 1.165) is 12.2 Å². The lowest BCUT2D eigenvalue weighted by atomic mass is 10.1. The molecule has 1 N–H and O–H groups in total. The molecule has 4 heterocycles. The highest BCUT2D eigenvalue weighted by molar-refractivity contribution is 6.04. The van der Waals surface area contributed by atoms with E-state index in [-0.39, 0.29) is 18.0 Å². The molecule has 0 aromatic carbocycles. The Morgan fingerprint density at radius 1 is 1.16 bits per heavy atom. The summed E-state index contributed by atoms with van der Waals surface area (Å²) in [6.45, 7) is 3.75. The van der Waals surface area contributed by atoms with E-state index in [1.165, 1.54) is 0 Å². The van der Waals surface area contributed by atoms with Crippen molar-refractivity contribution in [2.24, 2.45) is 0 Å².